The highest BCUT2D eigenvalue weighted by Gasteiger charge is 1.99. The Labute approximate surface area is 94.5 Å². The summed E-state index contributed by atoms with van der Waals surface area (Å²) in [6.07, 6.45) is 2.98. The third-order valence-corrected chi connectivity index (χ3v) is 1.85. The molecule has 0 aliphatic heterocycles. The molecule has 2 nitrogen and oxygen atoms in total. The quantitative estimate of drug-likeness (QED) is 0.582. The predicted molar refractivity (Wildman–Crippen MR) is 61.7 cm³/mol. The Morgan fingerprint density at radius 3 is 2.80 bits per heavy atom. The Hall–Kier alpha value is -1.28. The van der Waals surface area contributed by atoms with Crippen molar-refractivity contribution in [1.29, 1.82) is 0 Å². The van der Waals surface area contributed by atoms with Crippen LogP contribution in [0, 0.1) is 0 Å². The van der Waals surface area contributed by atoms with Crippen LogP contribution in [0.4, 0.5) is 0 Å². The maximum atomic E-state index is 11.2. The van der Waals surface area contributed by atoms with Gasteiger partial charge in [0.1, 0.15) is 0 Å². The summed E-state index contributed by atoms with van der Waals surface area (Å²) in [5.74, 6) is -0.343. The predicted octanol–water partition coefficient (Wildman–Crippen LogP) is 3.30. The lowest BCUT2D eigenvalue weighted by Gasteiger charge is -2.03. The lowest BCUT2D eigenvalue weighted by Crippen LogP contribution is -2.08. The molecule has 0 aromatic heterocycles. The van der Waals surface area contributed by atoms with Crippen molar-refractivity contribution in [3.8, 4) is 0 Å². The summed E-state index contributed by atoms with van der Waals surface area (Å²) in [5.41, 5.74) is 0.878. The number of esters is 1. The van der Waals surface area contributed by atoms with Crippen molar-refractivity contribution in [2.24, 2.45) is 0 Å². The van der Waals surface area contributed by atoms with Gasteiger partial charge in [0.05, 0.1) is 6.10 Å². The van der Waals surface area contributed by atoms with Crippen LogP contribution in [-0.4, -0.2) is 12.1 Å². The van der Waals surface area contributed by atoms with E-state index in [9.17, 15) is 4.79 Å². The molecule has 0 saturated carbocycles. The van der Waals surface area contributed by atoms with Crippen LogP contribution in [0.15, 0.2) is 30.3 Å². The van der Waals surface area contributed by atoms with Crippen LogP contribution in [0.1, 0.15) is 19.4 Å². The molecule has 0 heterocycles. The molecule has 1 aromatic rings. The minimum Gasteiger partial charge on any atom is -0.460 e. The average Bonchev–Trinajstić information content (AvgIpc) is 2.14. The van der Waals surface area contributed by atoms with Crippen molar-refractivity contribution in [2.75, 3.05) is 0 Å². The number of hydrogen-bond donors (Lipinski definition) is 0. The van der Waals surface area contributed by atoms with E-state index in [-0.39, 0.29) is 12.1 Å². The van der Waals surface area contributed by atoms with Crippen LogP contribution in [0.3, 0.4) is 0 Å². The van der Waals surface area contributed by atoms with Crippen LogP contribution in [0.25, 0.3) is 6.08 Å². The lowest BCUT2D eigenvalue weighted by molar-refractivity contribution is -0.141. The van der Waals surface area contributed by atoms with Gasteiger partial charge in [0.25, 0.3) is 0 Å². The molecule has 0 aliphatic rings. The summed E-state index contributed by atoms with van der Waals surface area (Å²) >= 11 is 5.79. The SMILES string of the molecule is CC(C)OC(=O)C=Cc1cccc(Cl)c1. The fraction of sp³-hybridized carbons (Fsp3) is 0.250. The van der Waals surface area contributed by atoms with Crippen LogP contribution < -0.4 is 0 Å². The first-order chi connectivity index (χ1) is 7.08. The van der Waals surface area contributed by atoms with Gasteiger partial charge in [-0.2, -0.15) is 0 Å². The Bertz CT molecular complexity index is 370. The van der Waals surface area contributed by atoms with Crippen molar-refractivity contribution in [1.82, 2.24) is 0 Å². The summed E-state index contributed by atoms with van der Waals surface area (Å²) in [6.45, 7) is 3.62. The number of halogens is 1. The molecule has 0 radical (unpaired) electrons. The Kier molecular flexibility index (Phi) is 4.37. The Morgan fingerprint density at radius 2 is 2.20 bits per heavy atom. The molecule has 0 amide bonds. The van der Waals surface area contributed by atoms with Crippen molar-refractivity contribution < 1.29 is 9.53 Å². The van der Waals surface area contributed by atoms with Crippen molar-refractivity contribution in [2.45, 2.75) is 20.0 Å². The summed E-state index contributed by atoms with van der Waals surface area (Å²) < 4.78 is 4.94. The number of hydrogen-bond acceptors (Lipinski definition) is 2. The Morgan fingerprint density at radius 1 is 1.47 bits per heavy atom. The molecule has 15 heavy (non-hydrogen) atoms. The number of carbonyl (C=O) groups excluding carboxylic acids is 1. The van der Waals surface area contributed by atoms with Crippen LogP contribution in [0.5, 0.6) is 0 Å². The Balaban J connectivity index is 2.61. The molecule has 1 aromatic carbocycles. The van der Waals surface area contributed by atoms with Crippen LogP contribution >= 0.6 is 11.6 Å². The van der Waals surface area contributed by atoms with E-state index in [4.69, 9.17) is 16.3 Å². The fourth-order valence-corrected chi connectivity index (χ4v) is 1.24. The van der Waals surface area contributed by atoms with Gasteiger partial charge in [-0.05, 0) is 37.6 Å². The maximum Gasteiger partial charge on any atom is 0.331 e. The van der Waals surface area contributed by atoms with Crippen LogP contribution in [0.2, 0.25) is 5.02 Å². The summed E-state index contributed by atoms with van der Waals surface area (Å²) in [5, 5.41) is 0.648. The second-order valence-electron chi connectivity index (χ2n) is 3.37. The fourth-order valence-electron chi connectivity index (χ4n) is 1.05. The first-order valence-electron chi connectivity index (χ1n) is 4.72. The minimum absolute atomic E-state index is 0.0958. The zero-order chi connectivity index (χ0) is 11.3. The molecule has 0 N–H and O–H groups in total. The van der Waals surface area contributed by atoms with Gasteiger partial charge < -0.3 is 4.74 Å². The van der Waals surface area contributed by atoms with Gasteiger partial charge in [0.15, 0.2) is 0 Å². The van der Waals surface area contributed by atoms with E-state index in [2.05, 4.69) is 0 Å². The third kappa shape index (κ3) is 4.66. The summed E-state index contributed by atoms with van der Waals surface area (Å²) in [4.78, 5) is 11.2. The average molecular weight is 225 g/mol. The smallest absolute Gasteiger partial charge is 0.331 e. The van der Waals surface area contributed by atoms with Crippen molar-refractivity contribution in [3.63, 3.8) is 0 Å². The van der Waals surface area contributed by atoms with Gasteiger partial charge >= 0.3 is 5.97 Å². The lowest BCUT2D eigenvalue weighted by atomic mass is 10.2. The molecular formula is C12H13ClO2. The zero-order valence-corrected chi connectivity index (χ0v) is 9.49. The van der Waals surface area contributed by atoms with E-state index in [1.165, 1.54) is 6.08 Å². The van der Waals surface area contributed by atoms with Crippen molar-refractivity contribution >= 4 is 23.6 Å². The maximum absolute atomic E-state index is 11.2. The van der Waals surface area contributed by atoms with Gasteiger partial charge in [-0.15, -0.1) is 0 Å². The molecule has 0 fully saturated rings. The van der Waals surface area contributed by atoms with Gasteiger partial charge in [0.2, 0.25) is 0 Å². The molecule has 0 saturated heterocycles. The number of ether oxygens (including phenoxy) is 1. The molecule has 0 atom stereocenters. The molecule has 80 valence electrons. The van der Waals surface area contributed by atoms with E-state index in [0.29, 0.717) is 5.02 Å². The molecule has 0 aliphatic carbocycles. The largest absolute Gasteiger partial charge is 0.460 e. The molecule has 0 unspecified atom stereocenters. The highest BCUT2D eigenvalue weighted by atomic mass is 35.5. The van der Waals surface area contributed by atoms with E-state index in [1.807, 2.05) is 26.0 Å². The molecular weight excluding hydrogens is 212 g/mol. The first kappa shape index (κ1) is 11.8. The number of carbonyl (C=O) groups is 1. The standard InChI is InChI=1S/C12H13ClO2/c1-9(2)15-12(14)7-6-10-4-3-5-11(13)8-10/h3-9H,1-2H3. The summed E-state index contributed by atoms with van der Waals surface area (Å²) in [6, 6.07) is 7.26. The monoisotopic (exact) mass is 224 g/mol. The van der Waals surface area contributed by atoms with Gasteiger partial charge in [0, 0.05) is 11.1 Å². The van der Waals surface area contributed by atoms with Gasteiger partial charge in [-0.3, -0.25) is 0 Å². The van der Waals surface area contributed by atoms with E-state index in [0.717, 1.165) is 5.56 Å². The van der Waals surface area contributed by atoms with E-state index < -0.39 is 0 Å². The van der Waals surface area contributed by atoms with Gasteiger partial charge in [-0.1, -0.05) is 23.7 Å². The zero-order valence-electron chi connectivity index (χ0n) is 8.74. The van der Waals surface area contributed by atoms with Crippen LogP contribution in [-0.2, 0) is 9.53 Å². The molecule has 0 spiro atoms. The first-order valence-corrected chi connectivity index (χ1v) is 5.10. The molecule has 3 heteroatoms. The second-order valence-corrected chi connectivity index (χ2v) is 3.81. The molecule has 1 rings (SSSR count). The highest BCUT2D eigenvalue weighted by Crippen LogP contribution is 2.11. The second kappa shape index (κ2) is 5.56. The molecule has 0 bridgehead atoms. The highest BCUT2D eigenvalue weighted by molar-refractivity contribution is 6.30. The van der Waals surface area contributed by atoms with Gasteiger partial charge in [-0.25, -0.2) is 4.79 Å². The van der Waals surface area contributed by atoms with E-state index in [1.54, 1.807) is 18.2 Å². The van der Waals surface area contributed by atoms with E-state index >= 15 is 0 Å². The summed E-state index contributed by atoms with van der Waals surface area (Å²) in [7, 11) is 0. The minimum atomic E-state index is -0.343. The van der Waals surface area contributed by atoms with Crippen molar-refractivity contribution in [3.05, 3.63) is 40.9 Å². The number of benzene rings is 1. The topological polar surface area (TPSA) is 26.3 Å². The normalized spacial score (nSPS) is 10.9. The number of rotatable bonds is 3. The third-order valence-electron chi connectivity index (χ3n) is 1.61.